The van der Waals surface area contributed by atoms with Gasteiger partial charge in [-0.25, -0.2) is 20.2 Å². The minimum absolute atomic E-state index is 0.239. The predicted octanol–water partition coefficient (Wildman–Crippen LogP) is 4.78. The number of carbonyl (C=O) groups is 1. The molecule has 1 amide bonds. The molecule has 1 saturated heterocycles. The molecule has 1 fully saturated rings. The lowest BCUT2D eigenvalue weighted by molar-refractivity contribution is -0.184. The van der Waals surface area contributed by atoms with E-state index in [1.54, 1.807) is 43.7 Å². The third-order valence-electron chi connectivity index (χ3n) is 5.75. The number of nitrogens with zero attached hydrogens (tertiary/aromatic N) is 3. The summed E-state index contributed by atoms with van der Waals surface area (Å²) in [6.45, 7) is 3.25. The fraction of sp³-hybridized carbons (Fsp3) is 0.346. The first-order chi connectivity index (χ1) is 18.0. The van der Waals surface area contributed by atoms with Gasteiger partial charge in [0.25, 0.3) is 0 Å². The van der Waals surface area contributed by atoms with Crippen LogP contribution < -0.4 is 15.2 Å². The second kappa shape index (κ2) is 12.9. The summed E-state index contributed by atoms with van der Waals surface area (Å²) in [6, 6.07) is 15.0. The van der Waals surface area contributed by atoms with Crippen molar-refractivity contribution in [2.24, 2.45) is 0 Å². The van der Waals surface area contributed by atoms with E-state index in [1.165, 1.54) is 10.5 Å². The number of halogens is 1. The van der Waals surface area contributed by atoms with E-state index in [4.69, 9.17) is 42.8 Å². The van der Waals surface area contributed by atoms with E-state index in [1.807, 2.05) is 35.0 Å². The number of aromatic nitrogens is 2. The summed E-state index contributed by atoms with van der Waals surface area (Å²) in [5.41, 5.74) is 5.70. The number of aryl methyl sites for hydroxylation is 1. The van der Waals surface area contributed by atoms with Crippen LogP contribution in [0, 0.1) is 0 Å². The molecule has 2 atom stereocenters. The number of benzene rings is 2. The van der Waals surface area contributed by atoms with Crippen LogP contribution in [-0.4, -0.2) is 52.8 Å². The molecule has 0 saturated carbocycles. The molecular formula is C26H29ClN4O5S. The zero-order chi connectivity index (χ0) is 26.1. The maximum Gasteiger partial charge on any atom is 0.426 e. The molecule has 1 aliphatic heterocycles. The summed E-state index contributed by atoms with van der Waals surface area (Å²) in [6.07, 6.45) is 5.99. The highest BCUT2D eigenvalue weighted by molar-refractivity contribution is 7.79. The lowest BCUT2D eigenvalue weighted by Crippen LogP contribution is -2.41. The first kappa shape index (κ1) is 26.9. The van der Waals surface area contributed by atoms with Gasteiger partial charge in [-0.05, 0) is 55.3 Å². The molecule has 11 heteroatoms. The maximum absolute atomic E-state index is 11.7. The Morgan fingerprint density at radius 1 is 1.30 bits per heavy atom. The number of rotatable bonds is 12. The first-order valence-electron chi connectivity index (χ1n) is 11.9. The van der Waals surface area contributed by atoms with Gasteiger partial charge < -0.3 is 23.5 Å². The fourth-order valence-corrected chi connectivity index (χ4v) is 4.24. The van der Waals surface area contributed by atoms with Gasteiger partial charge in [-0.2, -0.15) is 0 Å². The molecule has 3 aromatic rings. The van der Waals surface area contributed by atoms with Gasteiger partial charge in [0.15, 0.2) is 5.79 Å². The Morgan fingerprint density at radius 3 is 2.76 bits per heavy atom. The number of amides is 1. The van der Waals surface area contributed by atoms with Gasteiger partial charge in [-0.15, -0.1) is 0 Å². The molecule has 0 aliphatic carbocycles. The molecule has 4 rings (SSSR count). The number of anilines is 1. The Labute approximate surface area is 226 Å². The average Bonchev–Trinajstić information content (AvgIpc) is 3.57. The summed E-state index contributed by atoms with van der Waals surface area (Å²) in [5.74, 6) is -0.141. The van der Waals surface area contributed by atoms with Crippen LogP contribution in [0.1, 0.15) is 18.9 Å². The van der Waals surface area contributed by atoms with Crippen LogP contribution in [0.3, 0.4) is 0 Å². The minimum atomic E-state index is -0.795. The van der Waals surface area contributed by atoms with Crippen LogP contribution in [0.5, 0.6) is 5.75 Å². The Kier molecular flexibility index (Phi) is 9.34. The van der Waals surface area contributed by atoms with Crippen molar-refractivity contribution in [3.8, 4) is 5.75 Å². The zero-order valence-corrected chi connectivity index (χ0v) is 22.0. The molecule has 37 heavy (non-hydrogen) atoms. The monoisotopic (exact) mass is 544 g/mol. The highest BCUT2D eigenvalue weighted by atomic mass is 35.5. The number of carbonyl (C=O) groups excluding carboxylic acids is 1. The number of hydrogen-bond acceptors (Lipinski definition) is 7. The number of imidazole rings is 1. The van der Waals surface area contributed by atoms with E-state index in [2.05, 4.69) is 10.4 Å². The third kappa shape index (κ3) is 7.65. The Balaban J connectivity index is 1.34. The summed E-state index contributed by atoms with van der Waals surface area (Å²) >= 11 is 11.0. The summed E-state index contributed by atoms with van der Waals surface area (Å²) in [5, 5.41) is 2.11. The van der Waals surface area contributed by atoms with Gasteiger partial charge in [-0.1, -0.05) is 36.0 Å². The highest BCUT2D eigenvalue weighted by Gasteiger charge is 2.42. The predicted molar refractivity (Wildman–Crippen MR) is 144 cm³/mol. The lowest BCUT2D eigenvalue weighted by Gasteiger charge is -2.28. The second-order valence-electron chi connectivity index (χ2n) is 8.44. The number of nitrogens with one attached hydrogen (secondary N) is 1. The third-order valence-corrected chi connectivity index (χ3v) is 6.21. The van der Waals surface area contributed by atoms with Gasteiger partial charge in [0.2, 0.25) is 0 Å². The number of hydrogen-bond donors (Lipinski definition) is 1. The van der Waals surface area contributed by atoms with Crippen LogP contribution in [0.25, 0.3) is 0 Å². The summed E-state index contributed by atoms with van der Waals surface area (Å²) in [4.78, 5) is 15.8. The molecular weight excluding hydrogens is 516 g/mol. The van der Waals surface area contributed by atoms with E-state index < -0.39 is 11.9 Å². The van der Waals surface area contributed by atoms with Crippen LogP contribution >= 0.6 is 23.8 Å². The molecule has 2 heterocycles. The molecule has 2 aromatic carbocycles. The first-order valence-corrected chi connectivity index (χ1v) is 12.8. The number of thiocarbonyl (C=S) groups is 1. The Morgan fingerprint density at radius 2 is 2.08 bits per heavy atom. The largest absolute Gasteiger partial charge is 0.491 e. The van der Waals surface area contributed by atoms with Crippen LogP contribution in [-0.2, 0) is 27.2 Å². The van der Waals surface area contributed by atoms with E-state index in [9.17, 15) is 4.79 Å². The standard InChI is InChI=1S/C26H29ClN4O5S/c1-2-33-25(32)29-31(19-37)22-7-9-23(10-8-22)34-15-24-16-35-26(36-24,17-30-14-13-28-18-30)12-11-20-3-5-21(27)6-4-20/h3-10,13-14,18-19,24H,2,11-12,15-17H2,1H3,(H,29,32). The topological polar surface area (TPSA) is 87.1 Å². The normalized spacial score (nSPS) is 18.8. The quantitative estimate of drug-likeness (QED) is 0.257. The fourth-order valence-electron chi connectivity index (χ4n) is 3.94. The molecule has 196 valence electrons. The van der Waals surface area contributed by atoms with Gasteiger partial charge in [0.1, 0.15) is 18.5 Å². The number of hydrazine groups is 1. The molecule has 0 bridgehead atoms. The molecule has 1 aliphatic rings. The summed E-state index contributed by atoms with van der Waals surface area (Å²) < 4.78 is 25.5. The van der Waals surface area contributed by atoms with Crippen molar-refractivity contribution in [3.05, 3.63) is 77.8 Å². The van der Waals surface area contributed by atoms with Crippen LogP contribution in [0.15, 0.2) is 67.3 Å². The molecule has 1 N–H and O–H groups in total. The minimum Gasteiger partial charge on any atom is -0.491 e. The van der Waals surface area contributed by atoms with E-state index in [0.717, 1.165) is 12.0 Å². The van der Waals surface area contributed by atoms with E-state index in [-0.39, 0.29) is 12.7 Å². The van der Waals surface area contributed by atoms with Crippen LogP contribution in [0.2, 0.25) is 5.02 Å². The molecule has 2 unspecified atom stereocenters. The van der Waals surface area contributed by atoms with Gasteiger partial charge in [0, 0.05) is 23.8 Å². The van der Waals surface area contributed by atoms with Gasteiger partial charge in [0.05, 0.1) is 37.3 Å². The Hall–Kier alpha value is -3.18. The van der Waals surface area contributed by atoms with Crippen molar-refractivity contribution in [3.63, 3.8) is 0 Å². The molecule has 1 aromatic heterocycles. The lowest BCUT2D eigenvalue weighted by atomic mass is 10.0. The van der Waals surface area contributed by atoms with Crippen molar-refractivity contribution in [2.45, 2.75) is 38.2 Å². The maximum atomic E-state index is 11.7. The SMILES string of the molecule is CCOC(=O)NN(C=S)c1ccc(OCC2COC(CCc3ccc(Cl)cc3)(Cn3ccnc3)O2)cc1. The van der Waals surface area contributed by atoms with E-state index in [0.29, 0.717) is 42.6 Å². The average molecular weight is 545 g/mol. The van der Waals surface area contributed by atoms with Crippen molar-refractivity contribution in [1.29, 1.82) is 0 Å². The molecule has 9 nitrogen and oxygen atoms in total. The van der Waals surface area contributed by atoms with Crippen molar-refractivity contribution in [2.75, 3.05) is 24.8 Å². The molecule has 0 spiro atoms. The van der Waals surface area contributed by atoms with Crippen molar-refractivity contribution >= 4 is 41.1 Å². The number of ether oxygens (including phenoxy) is 4. The zero-order valence-electron chi connectivity index (χ0n) is 20.4. The molecule has 0 radical (unpaired) electrons. The van der Waals surface area contributed by atoms with Crippen LogP contribution in [0.4, 0.5) is 10.5 Å². The smallest absolute Gasteiger partial charge is 0.426 e. The Bertz CT molecular complexity index is 1150. The summed E-state index contributed by atoms with van der Waals surface area (Å²) in [7, 11) is 0. The second-order valence-corrected chi connectivity index (χ2v) is 9.08. The highest BCUT2D eigenvalue weighted by Crippen LogP contribution is 2.31. The van der Waals surface area contributed by atoms with E-state index >= 15 is 0 Å². The van der Waals surface area contributed by atoms with Crippen molar-refractivity contribution < 1.29 is 23.7 Å². The van der Waals surface area contributed by atoms with Crippen molar-refractivity contribution in [1.82, 2.24) is 15.0 Å². The van der Waals surface area contributed by atoms with Gasteiger partial charge in [-0.3, -0.25) is 0 Å². The van der Waals surface area contributed by atoms with Gasteiger partial charge >= 0.3 is 6.09 Å².